The van der Waals surface area contributed by atoms with Gasteiger partial charge >= 0.3 is 0 Å². The summed E-state index contributed by atoms with van der Waals surface area (Å²) in [6.45, 7) is 8.38. The third-order valence-electron chi connectivity index (χ3n) is 4.91. The second-order valence-corrected chi connectivity index (χ2v) is 6.23. The summed E-state index contributed by atoms with van der Waals surface area (Å²) in [5, 5.41) is 0. The van der Waals surface area contributed by atoms with Gasteiger partial charge in [0.1, 0.15) is 0 Å². The van der Waals surface area contributed by atoms with Crippen molar-refractivity contribution in [2.45, 2.75) is 58.0 Å². The summed E-state index contributed by atoms with van der Waals surface area (Å²) in [5.74, 6) is 0.443. The maximum Gasteiger partial charge on any atom is 0.239 e. The van der Waals surface area contributed by atoms with Gasteiger partial charge in [0, 0.05) is 19.1 Å². The van der Waals surface area contributed by atoms with E-state index in [1.165, 1.54) is 32.4 Å². The highest BCUT2D eigenvalue weighted by Gasteiger charge is 2.32. The van der Waals surface area contributed by atoms with Gasteiger partial charge in [-0.05, 0) is 44.7 Å². The molecule has 0 saturated carbocycles. The third kappa shape index (κ3) is 3.48. The van der Waals surface area contributed by atoms with Crippen molar-refractivity contribution >= 4 is 5.91 Å². The van der Waals surface area contributed by atoms with E-state index in [9.17, 15) is 4.79 Å². The molecule has 19 heavy (non-hydrogen) atoms. The Morgan fingerprint density at radius 2 is 1.95 bits per heavy atom. The van der Waals surface area contributed by atoms with Crippen LogP contribution in [0, 0.1) is 5.92 Å². The van der Waals surface area contributed by atoms with Crippen LogP contribution in [0.5, 0.6) is 0 Å². The quantitative estimate of drug-likeness (QED) is 0.838. The maximum absolute atomic E-state index is 12.4. The van der Waals surface area contributed by atoms with Gasteiger partial charge in [-0.15, -0.1) is 0 Å². The maximum atomic E-state index is 12.4. The minimum atomic E-state index is -0.317. The lowest BCUT2D eigenvalue weighted by atomic mass is 9.97. The number of carbonyl (C=O) groups excluding carboxylic acids is 1. The molecule has 3 atom stereocenters. The highest BCUT2D eigenvalue weighted by atomic mass is 16.2. The molecule has 2 aliphatic rings. The van der Waals surface area contributed by atoms with Crippen LogP contribution in [0.4, 0.5) is 0 Å². The Kier molecular flexibility index (Phi) is 5.22. The minimum Gasteiger partial charge on any atom is -0.340 e. The van der Waals surface area contributed by atoms with Gasteiger partial charge in [0.25, 0.3) is 0 Å². The number of likely N-dealkylation sites (tertiary alicyclic amines) is 2. The molecule has 2 saturated heterocycles. The lowest BCUT2D eigenvalue weighted by Gasteiger charge is -2.39. The summed E-state index contributed by atoms with van der Waals surface area (Å²) >= 11 is 0. The van der Waals surface area contributed by atoms with Crippen LogP contribution < -0.4 is 5.73 Å². The molecule has 1 amide bonds. The number of hydrogen-bond acceptors (Lipinski definition) is 3. The highest BCUT2D eigenvalue weighted by molar-refractivity contribution is 5.82. The van der Waals surface area contributed by atoms with Crippen molar-refractivity contribution < 1.29 is 4.79 Å². The summed E-state index contributed by atoms with van der Waals surface area (Å²) in [6, 6.07) is 0.256. The lowest BCUT2D eigenvalue weighted by molar-refractivity contribution is -0.135. The van der Waals surface area contributed by atoms with Crippen molar-refractivity contribution in [1.29, 1.82) is 0 Å². The first-order valence-corrected chi connectivity index (χ1v) is 7.92. The van der Waals surface area contributed by atoms with E-state index in [0.29, 0.717) is 6.04 Å². The zero-order chi connectivity index (χ0) is 13.8. The van der Waals surface area contributed by atoms with Gasteiger partial charge in [-0.25, -0.2) is 0 Å². The number of rotatable bonds is 4. The zero-order valence-corrected chi connectivity index (χ0v) is 12.5. The van der Waals surface area contributed by atoms with Gasteiger partial charge in [-0.2, -0.15) is 0 Å². The molecule has 2 N–H and O–H groups in total. The molecular formula is C15H29N3O. The molecular weight excluding hydrogens is 238 g/mol. The van der Waals surface area contributed by atoms with E-state index in [-0.39, 0.29) is 17.9 Å². The fraction of sp³-hybridized carbons (Fsp3) is 0.933. The standard InChI is InChI=1S/C15H29N3O/c1-3-12(2)14(16)15(19)18-10-6-7-13(11-18)17-8-4-5-9-17/h12-14H,3-11,16H2,1-2H3/t12?,13?,14-/m0/s1. The van der Waals surface area contributed by atoms with Crippen molar-refractivity contribution in [3.8, 4) is 0 Å². The Hall–Kier alpha value is -0.610. The molecule has 0 spiro atoms. The highest BCUT2D eigenvalue weighted by Crippen LogP contribution is 2.21. The largest absolute Gasteiger partial charge is 0.340 e. The van der Waals surface area contributed by atoms with Crippen LogP contribution in [-0.2, 0) is 4.79 Å². The molecule has 0 aromatic heterocycles. The van der Waals surface area contributed by atoms with Crippen LogP contribution in [0.1, 0.15) is 46.0 Å². The molecule has 0 aliphatic carbocycles. The van der Waals surface area contributed by atoms with E-state index in [2.05, 4.69) is 18.7 Å². The van der Waals surface area contributed by atoms with Crippen molar-refractivity contribution in [1.82, 2.24) is 9.80 Å². The normalized spacial score (nSPS) is 28.4. The first kappa shape index (κ1) is 14.8. The summed E-state index contributed by atoms with van der Waals surface area (Å²) < 4.78 is 0. The molecule has 4 nitrogen and oxygen atoms in total. The molecule has 4 heteroatoms. The molecule has 2 heterocycles. The van der Waals surface area contributed by atoms with Gasteiger partial charge in [0.05, 0.1) is 6.04 Å². The molecule has 2 aliphatic heterocycles. The molecule has 2 unspecified atom stereocenters. The van der Waals surface area contributed by atoms with E-state index in [4.69, 9.17) is 5.73 Å². The minimum absolute atomic E-state index is 0.165. The predicted molar refractivity (Wildman–Crippen MR) is 77.8 cm³/mol. The molecule has 2 rings (SSSR count). The Morgan fingerprint density at radius 1 is 1.26 bits per heavy atom. The molecule has 2 fully saturated rings. The van der Waals surface area contributed by atoms with E-state index >= 15 is 0 Å². The summed E-state index contributed by atoms with van der Waals surface area (Å²) in [4.78, 5) is 17.0. The van der Waals surface area contributed by atoms with Crippen molar-refractivity contribution in [2.75, 3.05) is 26.2 Å². The monoisotopic (exact) mass is 267 g/mol. The number of hydrogen-bond donors (Lipinski definition) is 1. The average Bonchev–Trinajstić information content (AvgIpc) is 2.99. The van der Waals surface area contributed by atoms with Crippen LogP contribution in [0.15, 0.2) is 0 Å². The number of carbonyl (C=O) groups is 1. The van der Waals surface area contributed by atoms with Crippen LogP contribution in [0.25, 0.3) is 0 Å². The Morgan fingerprint density at radius 3 is 2.58 bits per heavy atom. The van der Waals surface area contributed by atoms with E-state index < -0.39 is 0 Å². The van der Waals surface area contributed by atoms with E-state index in [1.807, 2.05) is 4.90 Å². The molecule has 0 aromatic rings. The number of nitrogens with two attached hydrogens (primary N) is 1. The Bertz CT molecular complexity index is 302. The SMILES string of the molecule is CCC(C)[C@H](N)C(=O)N1CCCC(N2CCCC2)C1. The van der Waals surface area contributed by atoms with Crippen molar-refractivity contribution in [3.63, 3.8) is 0 Å². The smallest absolute Gasteiger partial charge is 0.239 e. The van der Waals surface area contributed by atoms with Crippen LogP contribution in [0.3, 0.4) is 0 Å². The second kappa shape index (κ2) is 6.71. The number of nitrogens with zero attached hydrogens (tertiary/aromatic N) is 2. The molecule has 0 aromatic carbocycles. The van der Waals surface area contributed by atoms with E-state index in [0.717, 1.165) is 25.9 Å². The van der Waals surface area contributed by atoms with Crippen LogP contribution >= 0.6 is 0 Å². The van der Waals surface area contributed by atoms with Crippen LogP contribution in [0.2, 0.25) is 0 Å². The number of piperidine rings is 1. The lowest BCUT2D eigenvalue weighted by Crippen LogP contribution is -2.54. The summed E-state index contributed by atoms with van der Waals surface area (Å²) in [6.07, 6.45) is 5.96. The number of amides is 1. The fourth-order valence-electron chi connectivity index (χ4n) is 3.27. The third-order valence-corrected chi connectivity index (χ3v) is 4.91. The van der Waals surface area contributed by atoms with Gasteiger partial charge in [-0.1, -0.05) is 20.3 Å². The van der Waals surface area contributed by atoms with E-state index in [1.54, 1.807) is 0 Å². The first-order valence-electron chi connectivity index (χ1n) is 7.92. The molecule has 0 radical (unpaired) electrons. The molecule has 110 valence electrons. The topological polar surface area (TPSA) is 49.6 Å². The summed E-state index contributed by atoms with van der Waals surface area (Å²) in [5.41, 5.74) is 6.10. The average molecular weight is 267 g/mol. The predicted octanol–water partition coefficient (Wildman–Crippen LogP) is 1.45. The molecule has 0 bridgehead atoms. The Balaban J connectivity index is 1.91. The second-order valence-electron chi connectivity index (χ2n) is 6.23. The Labute approximate surface area is 117 Å². The summed E-state index contributed by atoms with van der Waals surface area (Å²) in [7, 11) is 0. The van der Waals surface area contributed by atoms with Gasteiger partial charge in [0.2, 0.25) is 5.91 Å². The van der Waals surface area contributed by atoms with Gasteiger partial charge < -0.3 is 10.6 Å². The van der Waals surface area contributed by atoms with Crippen molar-refractivity contribution in [2.24, 2.45) is 11.7 Å². The van der Waals surface area contributed by atoms with Gasteiger partial charge in [-0.3, -0.25) is 9.69 Å². The first-order chi connectivity index (χ1) is 9.13. The van der Waals surface area contributed by atoms with Crippen molar-refractivity contribution in [3.05, 3.63) is 0 Å². The fourth-order valence-corrected chi connectivity index (χ4v) is 3.27. The van der Waals surface area contributed by atoms with Crippen LogP contribution in [-0.4, -0.2) is 54.0 Å². The van der Waals surface area contributed by atoms with Gasteiger partial charge in [0.15, 0.2) is 0 Å². The zero-order valence-electron chi connectivity index (χ0n) is 12.5.